The van der Waals surface area contributed by atoms with E-state index in [0.717, 1.165) is 5.56 Å². The van der Waals surface area contributed by atoms with Crippen LogP contribution in [-0.4, -0.2) is 52.5 Å². The first-order valence-electron chi connectivity index (χ1n) is 8.67. The third-order valence-electron chi connectivity index (χ3n) is 4.68. The monoisotopic (exact) mass is 426 g/mol. The molecule has 0 saturated carbocycles. The Morgan fingerprint density at radius 2 is 1.89 bits per heavy atom. The topological polar surface area (TPSA) is 114 Å². The highest BCUT2D eigenvalue weighted by atomic mass is 32.2. The van der Waals surface area contributed by atoms with Gasteiger partial charge in [0, 0.05) is 13.1 Å². The smallest absolute Gasteiger partial charge is 0.241 e. The number of furan rings is 1. The SMILES string of the molecule is Cc1ccc(C)c(S(=O)(=O)NCC(=O)N2CC(S(=O)(=O)Cc3ccco3)C2)c1. The summed E-state index contributed by atoms with van der Waals surface area (Å²) in [5.41, 5.74) is 1.38. The van der Waals surface area contributed by atoms with Crippen LogP contribution in [0.4, 0.5) is 0 Å². The molecule has 1 amide bonds. The summed E-state index contributed by atoms with van der Waals surface area (Å²) in [6.45, 7) is 3.15. The maximum atomic E-state index is 12.5. The molecule has 0 spiro atoms. The number of nitrogens with zero attached hydrogens (tertiary/aromatic N) is 1. The van der Waals surface area contributed by atoms with E-state index in [-0.39, 0.29) is 23.7 Å². The van der Waals surface area contributed by atoms with E-state index >= 15 is 0 Å². The molecule has 2 aromatic rings. The summed E-state index contributed by atoms with van der Waals surface area (Å²) in [7, 11) is -7.27. The van der Waals surface area contributed by atoms with Gasteiger partial charge in [0.1, 0.15) is 11.5 Å². The Morgan fingerprint density at radius 3 is 2.54 bits per heavy atom. The zero-order valence-corrected chi connectivity index (χ0v) is 17.2. The van der Waals surface area contributed by atoms with Crippen LogP contribution >= 0.6 is 0 Å². The highest BCUT2D eigenvalue weighted by Gasteiger charge is 2.40. The summed E-state index contributed by atoms with van der Waals surface area (Å²) in [6, 6.07) is 8.26. The molecule has 3 rings (SSSR count). The van der Waals surface area contributed by atoms with Crippen LogP contribution in [0.3, 0.4) is 0 Å². The lowest BCUT2D eigenvalue weighted by molar-refractivity contribution is -0.133. The molecule has 1 aliphatic rings. The summed E-state index contributed by atoms with van der Waals surface area (Å²) >= 11 is 0. The number of hydrogen-bond donors (Lipinski definition) is 1. The van der Waals surface area contributed by atoms with Crippen LogP contribution in [0.15, 0.2) is 45.9 Å². The van der Waals surface area contributed by atoms with Gasteiger partial charge in [-0.3, -0.25) is 4.79 Å². The summed E-state index contributed by atoms with van der Waals surface area (Å²) in [5, 5.41) is -0.669. The van der Waals surface area contributed by atoms with Crippen molar-refractivity contribution in [3.8, 4) is 0 Å². The number of nitrogens with one attached hydrogen (secondary N) is 1. The van der Waals surface area contributed by atoms with Crippen LogP contribution < -0.4 is 4.72 Å². The Balaban J connectivity index is 1.55. The van der Waals surface area contributed by atoms with Crippen molar-refractivity contribution < 1.29 is 26.0 Å². The third-order valence-corrected chi connectivity index (χ3v) is 8.22. The average Bonchev–Trinajstić information content (AvgIpc) is 3.05. The van der Waals surface area contributed by atoms with Crippen molar-refractivity contribution in [1.82, 2.24) is 9.62 Å². The molecule has 1 saturated heterocycles. The number of rotatable bonds is 7. The molecule has 152 valence electrons. The lowest BCUT2D eigenvalue weighted by atomic mass is 10.2. The molecule has 1 fully saturated rings. The second kappa shape index (κ2) is 7.69. The largest absolute Gasteiger partial charge is 0.468 e. The maximum Gasteiger partial charge on any atom is 0.241 e. The lowest BCUT2D eigenvalue weighted by Crippen LogP contribution is -2.58. The van der Waals surface area contributed by atoms with Crippen molar-refractivity contribution in [2.45, 2.75) is 29.7 Å². The van der Waals surface area contributed by atoms with Crippen molar-refractivity contribution in [3.05, 3.63) is 53.5 Å². The zero-order valence-electron chi connectivity index (χ0n) is 15.6. The molecule has 0 aliphatic carbocycles. The molecule has 1 aromatic carbocycles. The number of likely N-dealkylation sites (tertiary alicyclic amines) is 1. The zero-order chi connectivity index (χ0) is 20.5. The minimum atomic E-state index is -3.83. The quantitative estimate of drug-likeness (QED) is 0.707. The molecule has 28 heavy (non-hydrogen) atoms. The van der Waals surface area contributed by atoms with Crippen LogP contribution in [0.5, 0.6) is 0 Å². The number of amides is 1. The van der Waals surface area contributed by atoms with Crippen LogP contribution in [0, 0.1) is 13.8 Å². The van der Waals surface area contributed by atoms with Gasteiger partial charge in [-0.25, -0.2) is 21.6 Å². The van der Waals surface area contributed by atoms with E-state index in [2.05, 4.69) is 4.72 Å². The minimum absolute atomic E-state index is 0.0487. The Labute approximate surface area is 164 Å². The van der Waals surface area contributed by atoms with Crippen molar-refractivity contribution in [2.75, 3.05) is 19.6 Å². The predicted molar refractivity (Wildman–Crippen MR) is 103 cm³/mol. The van der Waals surface area contributed by atoms with Crippen molar-refractivity contribution >= 4 is 25.8 Å². The predicted octanol–water partition coefficient (Wildman–Crippen LogP) is 1.00. The van der Waals surface area contributed by atoms with Crippen LogP contribution in [0.2, 0.25) is 0 Å². The minimum Gasteiger partial charge on any atom is -0.468 e. The fourth-order valence-corrected chi connectivity index (χ4v) is 5.84. The molecular formula is C18H22N2O6S2. The number of sulfone groups is 1. The summed E-state index contributed by atoms with van der Waals surface area (Å²) in [6.07, 6.45) is 1.41. The first-order valence-corrected chi connectivity index (χ1v) is 11.9. The normalized spacial score (nSPS) is 15.4. The standard InChI is InChI=1S/C18H22N2O6S2/c1-13-5-6-14(2)17(8-13)28(24,25)19-9-18(21)20-10-16(11-20)27(22,23)12-15-4-3-7-26-15/h3-8,16,19H,9-12H2,1-2H3. The first-order chi connectivity index (χ1) is 13.1. The fraction of sp³-hybridized carbons (Fsp3) is 0.389. The lowest BCUT2D eigenvalue weighted by Gasteiger charge is -2.38. The Kier molecular flexibility index (Phi) is 5.64. The second-order valence-electron chi connectivity index (χ2n) is 6.90. The number of carbonyl (C=O) groups excluding carboxylic acids is 1. The summed E-state index contributed by atoms with van der Waals surface area (Å²) in [4.78, 5) is 13.7. The molecule has 0 unspecified atom stereocenters. The molecule has 10 heteroatoms. The van der Waals surface area contributed by atoms with Crippen molar-refractivity contribution in [3.63, 3.8) is 0 Å². The van der Waals surface area contributed by atoms with Gasteiger partial charge in [-0.2, -0.15) is 0 Å². The summed E-state index contributed by atoms with van der Waals surface area (Å²) < 4.78 is 56.9. The van der Waals surface area contributed by atoms with Crippen LogP contribution in [0.25, 0.3) is 0 Å². The highest BCUT2D eigenvalue weighted by Crippen LogP contribution is 2.21. The molecule has 0 radical (unpaired) electrons. The van der Waals surface area contributed by atoms with Gasteiger partial charge in [0.15, 0.2) is 9.84 Å². The van der Waals surface area contributed by atoms with Gasteiger partial charge in [-0.15, -0.1) is 0 Å². The van der Waals surface area contributed by atoms with E-state index in [1.165, 1.54) is 11.2 Å². The van der Waals surface area contributed by atoms with Gasteiger partial charge in [-0.1, -0.05) is 12.1 Å². The summed E-state index contributed by atoms with van der Waals surface area (Å²) in [5.74, 6) is -0.323. The number of aryl methyl sites for hydroxylation is 2. The van der Waals surface area contributed by atoms with Crippen molar-refractivity contribution in [2.24, 2.45) is 0 Å². The molecule has 1 aromatic heterocycles. The molecule has 2 heterocycles. The van der Waals surface area contributed by atoms with E-state index < -0.39 is 37.6 Å². The van der Waals surface area contributed by atoms with E-state index in [1.54, 1.807) is 38.1 Å². The number of sulfonamides is 1. The first kappa shape index (κ1) is 20.6. The van der Waals surface area contributed by atoms with Crippen LogP contribution in [-0.2, 0) is 30.4 Å². The van der Waals surface area contributed by atoms with E-state index in [1.807, 2.05) is 6.07 Å². The fourth-order valence-electron chi connectivity index (χ4n) is 2.92. The number of hydrogen-bond acceptors (Lipinski definition) is 6. The third kappa shape index (κ3) is 4.45. The highest BCUT2D eigenvalue weighted by molar-refractivity contribution is 7.91. The Morgan fingerprint density at radius 1 is 1.18 bits per heavy atom. The molecule has 8 nitrogen and oxygen atoms in total. The maximum absolute atomic E-state index is 12.5. The van der Waals surface area contributed by atoms with Gasteiger partial charge >= 0.3 is 0 Å². The Bertz CT molecular complexity index is 1070. The van der Waals surface area contributed by atoms with Gasteiger partial charge in [-0.05, 0) is 43.2 Å². The number of carbonyl (C=O) groups is 1. The molecule has 0 atom stereocenters. The average molecular weight is 427 g/mol. The van der Waals surface area contributed by atoms with Crippen molar-refractivity contribution in [1.29, 1.82) is 0 Å². The van der Waals surface area contributed by atoms with E-state index in [4.69, 9.17) is 4.42 Å². The molecule has 1 N–H and O–H groups in total. The molecule has 0 bridgehead atoms. The molecular weight excluding hydrogens is 404 g/mol. The van der Waals surface area contributed by atoms with Crippen LogP contribution in [0.1, 0.15) is 16.9 Å². The number of benzene rings is 1. The van der Waals surface area contributed by atoms with Gasteiger partial charge < -0.3 is 9.32 Å². The van der Waals surface area contributed by atoms with Gasteiger partial charge in [0.2, 0.25) is 15.9 Å². The molecule has 1 aliphatic heterocycles. The van der Waals surface area contributed by atoms with E-state index in [0.29, 0.717) is 11.3 Å². The van der Waals surface area contributed by atoms with Gasteiger partial charge in [0.05, 0.1) is 23.0 Å². The van der Waals surface area contributed by atoms with E-state index in [9.17, 15) is 21.6 Å². The Hall–Kier alpha value is -2.17. The second-order valence-corrected chi connectivity index (χ2v) is 10.9. The van der Waals surface area contributed by atoms with Gasteiger partial charge in [0.25, 0.3) is 0 Å².